The SMILES string of the molecule is CC(C)(C)OC(=O)N1C[C@H]1[C@@H](OCc1ccccc1)[C@H](OCc1ccccc1)[C@H]1COC(C)(C)O1. The van der Waals surface area contributed by atoms with E-state index >= 15 is 0 Å². The molecule has 0 aliphatic carbocycles. The average molecular weight is 484 g/mol. The summed E-state index contributed by atoms with van der Waals surface area (Å²) in [7, 11) is 0. The van der Waals surface area contributed by atoms with Crippen LogP contribution in [0.5, 0.6) is 0 Å². The second kappa shape index (κ2) is 10.7. The molecule has 0 bridgehead atoms. The van der Waals surface area contributed by atoms with Crippen LogP contribution in [0, 0.1) is 0 Å². The summed E-state index contributed by atoms with van der Waals surface area (Å²) >= 11 is 0. The van der Waals surface area contributed by atoms with Crippen molar-refractivity contribution in [3.63, 3.8) is 0 Å². The van der Waals surface area contributed by atoms with Gasteiger partial charge in [-0.05, 0) is 45.7 Å². The number of hydrogen-bond donors (Lipinski definition) is 0. The maximum absolute atomic E-state index is 12.8. The zero-order chi connectivity index (χ0) is 25.1. The summed E-state index contributed by atoms with van der Waals surface area (Å²) in [4.78, 5) is 14.5. The van der Waals surface area contributed by atoms with Gasteiger partial charge in [-0.3, -0.25) is 4.90 Å². The number of rotatable bonds is 9. The maximum atomic E-state index is 12.8. The van der Waals surface area contributed by atoms with E-state index in [1.807, 2.05) is 95.3 Å². The molecule has 0 unspecified atom stereocenters. The van der Waals surface area contributed by atoms with Crippen LogP contribution in [0.2, 0.25) is 0 Å². The molecule has 7 heteroatoms. The highest BCUT2D eigenvalue weighted by atomic mass is 16.8. The number of carbonyl (C=O) groups excluding carboxylic acids is 1. The lowest BCUT2D eigenvalue weighted by molar-refractivity contribution is -0.180. The normalized spacial score (nSPS) is 23.1. The minimum atomic E-state index is -0.711. The molecule has 1 amide bonds. The highest BCUT2D eigenvalue weighted by molar-refractivity contribution is 5.71. The van der Waals surface area contributed by atoms with Gasteiger partial charge in [0.15, 0.2) is 5.79 Å². The lowest BCUT2D eigenvalue weighted by Crippen LogP contribution is -2.47. The molecular weight excluding hydrogens is 446 g/mol. The van der Waals surface area contributed by atoms with Gasteiger partial charge in [-0.2, -0.15) is 0 Å². The average Bonchev–Trinajstić information content (AvgIpc) is 3.52. The van der Waals surface area contributed by atoms with Gasteiger partial charge in [0.2, 0.25) is 0 Å². The minimum Gasteiger partial charge on any atom is -0.444 e. The Kier molecular flexibility index (Phi) is 7.81. The van der Waals surface area contributed by atoms with Crippen molar-refractivity contribution in [3.05, 3.63) is 71.8 Å². The molecule has 2 aromatic carbocycles. The number of benzene rings is 2. The molecule has 0 radical (unpaired) electrons. The molecule has 35 heavy (non-hydrogen) atoms. The van der Waals surface area contributed by atoms with Gasteiger partial charge in [-0.25, -0.2) is 4.79 Å². The molecule has 4 atom stereocenters. The molecule has 4 rings (SSSR count). The van der Waals surface area contributed by atoms with Crippen molar-refractivity contribution in [2.24, 2.45) is 0 Å². The number of amides is 1. The third-order valence-electron chi connectivity index (χ3n) is 5.95. The molecule has 2 aliphatic heterocycles. The van der Waals surface area contributed by atoms with Crippen LogP contribution in [0.15, 0.2) is 60.7 Å². The van der Waals surface area contributed by atoms with Gasteiger partial charge in [0.05, 0.1) is 25.9 Å². The molecule has 7 nitrogen and oxygen atoms in total. The molecule has 2 fully saturated rings. The third kappa shape index (κ3) is 7.27. The quantitative estimate of drug-likeness (QED) is 0.472. The second-order valence-electron chi connectivity index (χ2n) is 10.6. The molecule has 190 valence electrons. The zero-order valence-electron chi connectivity index (χ0n) is 21.3. The Morgan fingerprint density at radius 1 is 0.971 bits per heavy atom. The van der Waals surface area contributed by atoms with E-state index in [9.17, 15) is 4.79 Å². The first kappa shape index (κ1) is 25.6. The first-order valence-corrected chi connectivity index (χ1v) is 12.2. The van der Waals surface area contributed by atoms with Gasteiger partial charge in [0.25, 0.3) is 0 Å². The zero-order valence-corrected chi connectivity index (χ0v) is 21.3. The van der Waals surface area contributed by atoms with Crippen LogP contribution in [-0.2, 0) is 36.9 Å². The van der Waals surface area contributed by atoms with Crippen LogP contribution >= 0.6 is 0 Å². The van der Waals surface area contributed by atoms with Gasteiger partial charge in [0.1, 0.15) is 23.9 Å². The minimum absolute atomic E-state index is 0.179. The number of hydrogen-bond acceptors (Lipinski definition) is 6. The summed E-state index contributed by atoms with van der Waals surface area (Å²) in [5, 5.41) is 0. The van der Waals surface area contributed by atoms with Gasteiger partial charge in [0, 0.05) is 6.54 Å². The maximum Gasteiger partial charge on any atom is 0.410 e. The summed E-state index contributed by atoms with van der Waals surface area (Å²) in [6.45, 7) is 11.1. The highest BCUT2D eigenvalue weighted by Gasteiger charge is 2.53. The van der Waals surface area contributed by atoms with Gasteiger partial charge in [-0.15, -0.1) is 0 Å². The lowest BCUT2D eigenvalue weighted by Gasteiger charge is -2.32. The monoisotopic (exact) mass is 483 g/mol. The third-order valence-corrected chi connectivity index (χ3v) is 5.95. The van der Waals surface area contributed by atoms with E-state index in [0.29, 0.717) is 26.4 Å². The van der Waals surface area contributed by atoms with E-state index in [2.05, 4.69) is 0 Å². The van der Waals surface area contributed by atoms with Crippen molar-refractivity contribution in [3.8, 4) is 0 Å². The van der Waals surface area contributed by atoms with E-state index in [4.69, 9.17) is 23.7 Å². The summed E-state index contributed by atoms with van der Waals surface area (Å²) in [6.07, 6.45) is -1.55. The second-order valence-corrected chi connectivity index (χ2v) is 10.6. The van der Waals surface area contributed by atoms with Crippen LogP contribution in [0.4, 0.5) is 4.79 Å². The highest BCUT2D eigenvalue weighted by Crippen LogP contribution is 2.35. The lowest BCUT2D eigenvalue weighted by atomic mass is 10.0. The van der Waals surface area contributed by atoms with Crippen molar-refractivity contribution in [2.75, 3.05) is 13.2 Å². The van der Waals surface area contributed by atoms with E-state index < -0.39 is 23.6 Å². The smallest absolute Gasteiger partial charge is 0.410 e. The van der Waals surface area contributed by atoms with Gasteiger partial charge >= 0.3 is 6.09 Å². The summed E-state index contributed by atoms with van der Waals surface area (Å²) in [6, 6.07) is 19.8. The molecule has 0 aromatic heterocycles. The number of ether oxygens (including phenoxy) is 5. The first-order chi connectivity index (χ1) is 16.6. The Morgan fingerprint density at radius 2 is 1.51 bits per heavy atom. The van der Waals surface area contributed by atoms with E-state index in [1.54, 1.807) is 4.90 Å². The largest absolute Gasteiger partial charge is 0.444 e. The van der Waals surface area contributed by atoms with Crippen LogP contribution < -0.4 is 0 Å². The van der Waals surface area contributed by atoms with Crippen molar-refractivity contribution < 1.29 is 28.5 Å². The van der Waals surface area contributed by atoms with Crippen LogP contribution in [-0.4, -0.2) is 59.9 Å². The van der Waals surface area contributed by atoms with Gasteiger partial charge in [-0.1, -0.05) is 60.7 Å². The van der Waals surface area contributed by atoms with Crippen molar-refractivity contribution >= 4 is 6.09 Å². The Bertz CT molecular complexity index is 958. The molecule has 2 heterocycles. The molecular formula is C28H37NO6. The molecule has 0 spiro atoms. The summed E-state index contributed by atoms with van der Waals surface area (Å²) < 4.78 is 30.7. The summed E-state index contributed by atoms with van der Waals surface area (Å²) in [5.41, 5.74) is 1.53. The Hall–Kier alpha value is -2.45. The molecule has 2 aromatic rings. The fourth-order valence-electron chi connectivity index (χ4n) is 4.22. The first-order valence-electron chi connectivity index (χ1n) is 12.2. The predicted molar refractivity (Wildman–Crippen MR) is 132 cm³/mol. The molecule has 0 N–H and O–H groups in total. The van der Waals surface area contributed by atoms with Crippen molar-refractivity contribution in [2.45, 2.75) is 83.6 Å². The fourth-order valence-corrected chi connectivity index (χ4v) is 4.22. The van der Waals surface area contributed by atoms with E-state index in [1.165, 1.54) is 0 Å². The van der Waals surface area contributed by atoms with Crippen LogP contribution in [0.1, 0.15) is 45.7 Å². The molecule has 0 saturated carbocycles. The van der Waals surface area contributed by atoms with Crippen LogP contribution in [0.25, 0.3) is 0 Å². The van der Waals surface area contributed by atoms with E-state index in [-0.39, 0.29) is 18.2 Å². The Labute approximate surface area is 208 Å². The topological polar surface area (TPSA) is 66.2 Å². The predicted octanol–water partition coefficient (Wildman–Crippen LogP) is 4.93. The number of carbonyl (C=O) groups is 1. The standard InChI is InChI=1S/C28H37NO6/c1-27(2,3)35-26(30)29-16-22(29)24(31-17-20-12-8-6-9-13-20)25(23-19-33-28(4,5)34-23)32-18-21-14-10-7-11-15-21/h6-15,22-25H,16-19H2,1-5H3/t22-,23+,24+,25+,29?/m0/s1. The number of nitrogens with zero attached hydrogens (tertiary/aromatic N) is 1. The molecule has 2 aliphatic rings. The molecule has 2 saturated heterocycles. The Balaban J connectivity index is 1.55. The fraction of sp³-hybridized carbons (Fsp3) is 0.536. The summed E-state index contributed by atoms with van der Waals surface area (Å²) in [5.74, 6) is -0.711. The van der Waals surface area contributed by atoms with Crippen molar-refractivity contribution in [1.82, 2.24) is 4.90 Å². The van der Waals surface area contributed by atoms with Crippen molar-refractivity contribution in [1.29, 1.82) is 0 Å². The van der Waals surface area contributed by atoms with E-state index in [0.717, 1.165) is 11.1 Å². The van der Waals surface area contributed by atoms with Crippen LogP contribution in [0.3, 0.4) is 0 Å². The Morgan fingerprint density at radius 3 is 2.00 bits per heavy atom. The van der Waals surface area contributed by atoms with Gasteiger partial charge < -0.3 is 23.7 Å².